The summed E-state index contributed by atoms with van der Waals surface area (Å²) in [5.74, 6) is 0.887. The molecular formula is C13H16ClN. The minimum atomic E-state index is -0.0726. The SMILES string of the molecule is CC(C)c1ccc(CC(C#N)CCl)cc1. The zero-order valence-electron chi connectivity index (χ0n) is 9.20. The van der Waals surface area contributed by atoms with Crippen LogP contribution >= 0.6 is 11.6 Å². The minimum Gasteiger partial charge on any atom is -0.198 e. The second kappa shape index (κ2) is 5.78. The highest BCUT2D eigenvalue weighted by Gasteiger charge is 2.07. The molecule has 1 aromatic rings. The van der Waals surface area contributed by atoms with E-state index in [1.165, 1.54) is 11.1 Å². The van der Waals surface area contributed by atoms with Crippen LogP contribution in [-0.4, -0.2) is 5.88 Å². The molecule has 0 aliphatic heterocycles. The van der Waals surface area contributed by atoms with Crippen molar-refractivity contribution < 1.29 is 0 Å². The van der Waals surface area contributed by atoms with Crippen molar-refractivity contribution in [1.29, 1.82) is 5.26 Å². The molecule has 0 saturated heterocycles. The van der Waals surface area contributed by atoms with Gasteiger partial charge in [0.2, 0.25) is 0 Å². The monoisotopic (exact) mass is 221 g/mol. The Labute approximate surface area is 96.7 Å². The van der Waals surface area contributed by atoms with Gasteiger partial charge in [0.1, 0.15) is 0 Å². The number of rotatable bonds is 4. The normalized spacial score (nSPS) is 12.5. The Balaban J connectivity index is 2.69. The van der Waals surface area contributed by atoms with Crippen LogP contribution < -0.4 is 0 Å². The number of benzene rings is 1. The van der Waals surface area contributed by atoms with E-state index < -0.39 is 0 Å². The van der Waals surface area contributed by atoms with E-state index in [1.807, 2.05) is 0 Å². The Morgan fingerprint density at radius 2 is 1.87 bits per heavy atom. The van der Waals surface area contributed by atoms with Gasteiger partial charge >= 0.3 is 0 Å². The topological polar surface area (TPSA) is 23.8 Å². The molecule has 0 fully saturated rings. The zero-order valence-corrected chi connectivity index (χ0v) is 9.96. The number of nitrogens with zero attached hydrogens (tertiary/aromatic N) is 1. The van der Waals surface area contributed by atoms with Gasteiger partial charge in [-0.05, 0) is 23.5 Å². The lowest BCUT2D eigenvalue weighted by molar-refractivity contribution is 0.745. The van der Waals surface area contributed by atoms with Gasteiger partial charge in [-0.15, -0.1) is 11.6 Å². The maximum absolute atomic E-state index is 8.80. The van der Waals surface area contributed by atoms with Crippen molar-refractivity contribution in [3.05, 3.63) is 35.4 Å². The first-order chi connectivity index (χ1) is 7.17. The van der Waals surface area contributed by atoms with Gasteiger partial charge < -0.3 is 0 Å². The molecule has 0 saturated carbocycles. The summed E-state index contributed by atoms with van der Waals surface area (Å²) in [5.41, 5.74) is 2.52. The van der Waals surface area contributed by atoms with Gasteiger partial charge in [0.15, 0.2) is 0 Å². The van der Waals surface area contributed by atoms with Gasteiger partial charge in [0.25, 0.3) is 0 Å². The van der Waals surface area contributed by atoms with E-state index in [9.17, 15) is 0 Å². The van der Waals surface area contributed by atoms with Crippen LogP contribution in [0.4, 0.5) is 0 Å². The molecule has 0 amide bonds. The van der Waals surface area contributed by atoms with Gasteiger partial charge in [-0.25, -0.2) is 0 Å². The maximum atomic E-state index is 8.80. The van der Waals surface area contributed by atoms with Crippen molar-refractivity contribution in [3.8, 4) is 6.07 Å². The Hall–Kier alpha value is -1.00. The average Bonchev–Trinajstić information content (AvgIpc) is 2.26. The second-order valence-corrected chi connectivity index (χ2v) is 4.39. The van der Waals surface area contributed by atoms with Crippen molar-refractivity contribution in [2.45, 2.75) is 26.2 Å². The van der Waals surface area contributed by atoms with Crippen LogP contribution in [0.15, 0.2) is 24.3 Å². The van der Waals surface area contributed by atoms with Gasteiger partial charge in [-0.1, -0.05) is 38.1 Å². The molecule has 80 valence electrons. The summed E-state index contributed by atoms with van der Waals surface area (Å²) in [6.45, 7) is 4.34. The van der Waals surface area contributed by atoms with E-state index >= 15 is 0 Å². The summed E-state index contributed by atoms with van der Waals surface area (Å²) in [4.78, 5) is 0. The molecule has 1 nitrogen and oxygen atoms in total. The van der Waals surface area contributed by atoms with E-state index in [-0.39, 0.29) is 5.92 Å². The van der Waals surface area contributed by atoms with Crippen LogP contribution in [0.25, 0.3) is 0 Å². The molecule has 0 heterocycles. The van der Waals surface area contributed by atoms with Crippen LogP contribution in [0.3, 0.4) is 0 Å². The summed E-state index contributed by atoms with van der Waals surface area (Å²) in [6, 6.07) is 10.6. The van der Waals surface area contributed by atoms with Crippen LogP contribution in [-0.2, 0) is 6.42 Å². The molecule has 1 rings (SSSR count). The highest BCUT2D eigenvalue weighted by atomic mass is 35.5. The molecule has 0 radical (unpaired) electrons. The fourth-order valence-electron chi connectivity index (χ4n) is 1.46. The first kappa shape index (κ1) is 12.1. The van der Waals surface area contributed by atoms with E-state index in [1.54, 1.807) is 0 Å². The number of hydrogen-bond acceptors (Lipinski definition) is 1. The van der Waals surface area contributed by atoms with Gasteiger partial charge in [0.05, 0.1) is 12.0 Å². The first-order valence-corrected chi connectivity index (χ1v) is 5.75. The highest BCUT2D eigenvalue weighted by molar-refractivity contribution is 6.18. The number of halogens is 1. The lowest BCUT2D eigenvalue weighted by atomic mass is 9.98. The average molecular weight is 222 g/mol. The van der Waals surface area contributed by atoms with Crippen LogP contribution in [0, 0.1) is 17.2 Å². The lowest BCUT2D eigenvalue weighted by Crippen LogP contribution is -2.03. The third kappa shape index (κ3) is 3.57. The summed E-state index contributed by atoms with van der Waals surface area (Å²) in [7, 11) is 0. The fourth-order valence-corrected chi connectivity index (χ4v) is 1.64. The molecule has 1 unspecified atom stereocenters. The molecular weight excluding hydrogens is 206 g/mol. The molecule has 0 bridgehead atoms. The fraction of sp³-hybridized carbons (Fsp3) is 0.462. The Kier molecular flexibility index (Phi) is 4.65. The minimum absolute atomic E-state index is 0.0726. The molecule has 2 heteroatoms. The van der Waals surface area contributed by atoms with Gasteiger partial charge in [-0.2, -0.15) is 5.26 Å². The predicted octanol–water partition coefficient (Wildman–Crippen LogP) is 3.73. The van der Waals surface area contributed by atoms with Crippen molar-refractivity contribution >= 4 is 11.6 Å². The molecule has 0 aliphatic rings. The zero-order chi connectivity index (χ0) is 11.3. The van der Waals surface area contributed by atoms with Crippen molar-refractivity contribution in [3.63, 3.8) is 0 Å². The third-order valence-corrected chi connectivity index (χ3v) is 2.87. The van der Waals surface area contributed by atoms with E-state index in [0.717, 1.165) is 6.42 Å². The third-order valence-electron chi connectivity index (χ3n) is 2.50. The van der Waals surface area contributed by atoms with Crippen molar-refractivity contribution in [1.82, 2.24) is 0 Å². The molecule has 0 spiro atoms. The standard InChI is InChI=1S/C13H16ClN/c1-10(2)13-5-3-11(4-6-13)7-12(8-14)9-15/h3-6,10,12H,7-8H2,1-2H3. The summed E-state index contributed by atoms with van der Waals surface area (Å²) in [5, 5.41) is 8.80. The van der Waals surface area contributed by atoms with Crippen LogP contribution in [0.1, 0.15) is 30.9 Å². The summed E-state index contributed by atoms with van der Waals surface area (Å²) < 4.78 is 0. The van der Waals surface area contributed by atoms with E-state index in [4.69, 9.17) is 16.9 Å². The van der Waals surface area contributed by atoms with Gasteiger partial charge in [-0.3, -0.25) is 0 Å². The Bertz CT molecular complexity index is 335. The first-order valence-electron chi connectivity index (χ1n) is 5.21. The maximum Gasteiger partial charge on any atom is 0.0671 e. The second-order valence-electron chi connectivity index (χ2n) is 4.08. The summed E-state index contributed by atoms with van der Waals surface area (Å²) >= 11 is 5.68. The van der Waals surface area contributed by atoms with E-state index in [0.29, 0.717) is 11.8 Å². The van der Waals surface area contributed by atoms with Crippen LogP contribution in [0.2, 0.25) is 0 Å². The molecule has 0 aliphatic carbocycles. The molecule has 0 N–H and O–H groups in total. The van der Waals surface area contributed by atoms with Crippen molar-refractivity contribution in [2.24, 2.45) is 5.92 Å². The summed E-state index contributed by atoms with van der Waals surface area (Å²) in [6.07, 6.45) is 0.748. The quantitative estimate of drug-likeness (QED) is 0.711. The molecule has 1 atom stereocenters. The van der Waals surface area contributed by atoms with Gasteiger partial charge in [0, 0.05) is 5.88 Å². The lowest BCUT2D eigenvalue weighted by Gasteiger charge is -2.08. The highest BCUT2D eigenvalue weighted by Crippen LogP contribution is 2.16. The Morgan fingerprint density at radius 1 is 1.27 bits per heavy atom. The Morgan fingerprint density at radius 3 is 2.27 bits per heavy atom. The molecule has 15 heavy (non-hydrogen) atoms. The molecule has 0 aromatic heterocycles. The molecule has 1 aromatic carbocycles. The number of alkyl halides is 1. The van der Waals surface area contributed by atoms with Crippen LogP contribution in [0.5, 0.6) is 0 Å². The largest absolute Gasteiger partial charge is 0.198 e. The number of hydrogen-bond donors (Lipinski definition) is 0. The predicted molar refractivity (Wildman–Crippen MR) is 64.1 cm³/mol. The number of nitriles is 1. The van der Waals surface area contributed by atoms with E-state index in [2.05, 4.69) is 44.2 Å². The smallest absolute Gasteiger partial charge is 0.0671 e. The van der Waals surface area contributed by atoms with Crippen molar-refractivity contribution in [2.75, 3.05) is 5.88 Å².